The van der Waals surface area contributed by atoms with Crippen molar-refractivity contribution in [3.63, 3.8) is 0 Å². The lowest BCUT2D eigenvalue weighted by atomic mass is 9.94. The van der Waals surface area contributed by atoms with Crippen molar-refractivity contribution in [2.24, 2.45) is 0 Å². The molecule has 21 heavy (non-hydrogen) atoms. The number of rotatable bonds is 2. The van der Waals surface area contributed by atoms with E-state index in [1.807, 2.05) is 4.90 Å². The maximum atomic E-state index is 12.5. The number of amides is 1. The molecule has 1 amide bonds. The van der Waals surface area contributed by atoms with Crippen LogP contribution in [0.25, 0.3) is 0 Å². The molecular weight excluding hydrogens is 266 g/mol. The Kier molecular flexibility index (Phi) is 5.49. The molecule has 2 saturated heterocycles. The highest BCUT2D eigenvalue weighted by atomic mass is 16.5. The molecule has 0 aromatic carbocycles. The molecule has 3 rings (SSSR count). The smallest absolute Gasteiger partial charge is 0.253 e. The highest BCUT2D eigenvalue weighted by Crippen LogP contribution is 2.23. The summed E-state index contributed by atoms with van der Waals surface area (Å²) in [5.41, 5.74) is 0. The highest BCUT2D eigenvalue weighted by molar-refractivity contribution is 5.81. The summed E-state index contributed by atoms with van der Waals surface area (Å²) in [7, 11) is 0. The number of nitrogens with zero attached hydrogens (tertiary/aromatic N) is 2. The van der Waals surface area contributed by atoms with Gasteiger partial charge in [-0.05, 0) is 19.3 Å². The Bertz CT molecular complexity index is 338. The van der Waals surface area contributed by atoms with Gasteiger partial charge in [-0.15, -0.1) is 0 Å². The first-order chi connectivity index (χ1) is 10.3. The lowest BCUT2D eigenvalue weighted by Gasteiger charge is -2.33. The van der Waals surface area contributed by atoms with E-state index in [0.717, 1.165) is 45.2 Å². The van der Waals surface area contributed by atoms with E-state index in [1.165, 1.54) is 32.1 Å². The van der Waals surface area contributed by atoms with E-state index in [1.54, 1.807) is 0 Å². The van der Waals surface area contributed by atoms with E-state index in [-0.39, 0.29) is 12.0 Å². The Morgan fingerprint density at radius 1 is 1.00 bits per heavy atom. The van der Waals surface area contributed by atoms with E-state index in [4.69, 9.17) is 4.74 Å². The second-order valence-corrected chi connectivity index (χ2v) is 6.57. The van der Waals surface area contributed by atoms with Gasteiger partial charge in [0.05, 0.1) is 6.61 Å². The molecule has 1 aliphatic carbocycles. The zero-order valence-electron chi connectivity index (χ0n) is 13.1. The summed E-state index contributed by atoms with van der Waals surface area (Å²) in [5.74, 6) is 0.188. The maximum absolute atomic E-state index is 12.5. The lowest BCUT2D eigenvalue weighted by Crippen LogP contribution is -2.50. The third-order valence-electron chi connectivity index (χ3n) is 5.14. The van der Waals surface area contributed by atoms with Crippen LogP contribution in [-0.4, -0.2) is 73.7 Å². The molecule has 3 fully saturated rings. The largest absolute Gasteiger partial charge is 0.366 e. The van der Waals surface area contributed by atoms with Crippen molar-refractivity contribution < 1.29 is 9.53 Å². The van der Waals surface area contributed by atoms with Crippen molar-refractivity contribution in [1.29, 1.82) is 0 Å². The van der Waals surface area contributed by atoms with Crippen molar-refractivity contribution in [2.45, 2.75) is 50.7 Å². The molecule has 120 valence electrons. The van der Waals surface area contributed by atoms with Crippen molar-refractivity contribution in [2.75, 3.05) is 45.9 Å². The van der Waals surface area contributed by atoms with Gasteiger partial charge in [0, 0.05) is 45.3 Å². The first-order valence-corrected chi connectivity index (χ1v) is 8.70. The van der Waals surface area contributed by atoms with Crippen LogP contribution in [0.5, 0.6) is 0 Å². The van der Waals surface area contributed by atoms with Crippen molar-refractivity contribution in [3.05, 3.63) is 0 Å². The van der Waals surface area contributed by atoms with E-state index >= 15 is 0 Å². The Morgan fingerprint density at radius 3 is 2.62 bits per heavy atom. The van der Waals surface area contributed by atoms with Crippen LogP contribution in [-0.2, 0) is 9.53 Å². The summed E-state index contributed by atoms with van der Waals surface area (Å²) in [6.07, 6.45) is 7.70. The van der Waals surface area contributed by atoms with Gasteiger partial charge in [-0.3, -0.25) is 9.69 Å². The number of nitrogens with one attached hydrogen (secondary N) is 1. The van der Waals surface area contributed by atoms with Crippen molar-refractivity contribution >= 4 is 5.91 Å². The number of hydrogen-bond acceptors (Lipinski definition) is 4. The van der Waals surface area contributed by atoms with Crippen LogP contribution >= 0.6 is 0 Å². The average Bonchev–Trinajstić information content (AvgIpc) is 2.82. The van der Waals surface area contributed by atoms with Gasteiger partial charge in [0.2, 0.25) is 0 Å². The zero-order chi connectivity index (χ0) is 14.5. The van der Waals surface area contributed by atoms with Crippen LogP contribution in [0.3, 0.4) is 0 Å². The van der Waals surface area contributed by atoms with Gasteiger partial charge in [0.1, 0.15) is 6.10 Å². The van der Waals surface area contributed by atoms with Crippen LogP contribution in [0.4, 0.5) is 0 Å². The Hall–Kier alpha value is -0.650. The number of morpholine rings is 1. The topological polar surface area (TPSA) is 44.8 Å². The molecule has 1 N–H and O–H groups in total. The molecule has 0 aromatic heterocycles. The molecule has 5 nitrogen and oxygen atoms in total. The van der Waals surface area contributed by atoms with Crippen molar-refractivity contribution in [3.8, 4) is 0 Å². The van der Waals surface area contributed by atoms with E-state index in [2.05, 4.69) is 10.2 Å². The van der Waals surface area contributed by atoms with Crippen LogP contribution in [0.15, 0.2) is 0 Å². The summed E-state index contributed by atoms with van der Waals surface area (Å²) in [6.45, 7) is 6.13. The maximum Gasteiger partial charge on any atom is 0.253 e. The predicted octanol–water partition coefficient (Wildman–Crippen LogP) is 0.842. The lowest BCUT2D eigenvalue weighted by molar-refractivity contribution is -0.145. The Labute approximate surface area is 128 Å². The fraction of sp³-hybridized carbons (Fsp3) is 0.938. The Balaban J connectivity index is 1.51. The second kappa shape index (κ2) is 7.56. The van der Waals surface area contributed by atoms with Crippen molar-refractivity contribution in [1.82, 2.24) is 15.1 Å². The van der Waals surface area contributed by atoms with E-state index in [9.17, 15) is 4.79 Å². The molecule has 0 bridgehead atoms. The van der Waals surface area contributed by atoms with Crippen LogP contribution in [0.2, 0.25) is 0 Å². The third kappa shape index (κ3) is 3.96. The Morgan fingerprint density at radius 2 is 1.86 bits per heavy atom. The zero-order valence-corrected chi connectivity index (χ0v) is 13.1. The van der Waals surface area contributed by atoms with Crippen LogP contribution < -0.4 is 5.32 Å². The minimum Gasteiger partial charge on any atom is -0.366 e. The molecule has 0 spiro atoms. The van der Waals surface area contributed by atoms with E-state index in [0.29, 0.717) is 13.2 Å². The number of ether oxygens (including phenoxy) is 1. The van der Waals surface area contributed by atoms with Gasteiger partial charge >= 0.3 is 0 Å². The number of hydrogen-bond donors (Lipinski definition) is 1. The number of carbonyl (C=O) groups is 1. The molecular formula is C16H29N3O2. The van der Waals surface area contributed by atoms with Crippen LogP contribution in [0, 0.1) is 0 Å². The summed E-state index contributed by atoms with van der Waals surface area (Å²) < 4.78 is 5.61. The predicted molar refractivity (Wildman–Crippen MR) is 82.3 cm³/mol. The van der Waals surface area contributed by atoms with Gasteiger partial charge in [-0.25, -0.2) is 0 Å². The quantitative estimate of drug-likeness (QED) is 0.820. The average molecular weight is 295 g/mol. The SMILES string of the molecule is O=C(C1CNCCO1)N1CCCN(C2CCCCC2)CC1. The molecule has 2 aliphatic heterocycles. The fourth-order valence-electron chi connectivity index (χ4n) is 3.90. The highest BCUT2D eigenvalue weighted by Gasteiger charge is 2.29. The normalized spacial score (nSPS) is 30.1. The van der Waals surface area contributed by atoms with Gasteiger partial charge in [-0.1, -0.05) is 19.3 Å². The molecule has 0 radical (unpaired) electrons. The minimum absolute atomic E-state index is 0.188. The van der Waals surface area contributed by atoms with E-state index < -0.39 is 0 Å². The third-order valence-corrected chi connectivity index (χ3v) is 5.14. The van der Waals surface area contributed by atoms with Gasteiger partial charge in [-0.2, -0.15) is 0 Å². The number of carbonyl (C=O) groups excluding carboxylic acids is 1. The minimum atomic E-state index is -0.264. The first kappa shape index (κ1) is 15.3. The fourth-order valence-corrected chi connectivity index (χ4v) is 3.90. The van der Waals surface area contributed by atoms with Gasteiger partial charge in [0.25, 0.3) is 5.91 Å². The summed E-state index contributed by atoms with van der Waals surface area (Å²) in [4.78, 5) is 17.2. The standard InChI is InChI=1S/C16H29N3O2/c20-16(15-13-17-7-12-21-15)19-9-4-8-18(10-11-19)14-5-2-1-3-6-14/h14-15,17H,1-13H2. The molecule has 3 aliphatic rings. The molecule has 1 unspecified atom stereocenters. The van der Waals surface area contributed by atoms with Crippen LogP contribution in [0.1, 0.15) is 38.5 Å². The molecule has 1 atom stereocenters. The molecule has 5 heteroatoms. The summed E-state index contributed by atoms with van der Waals surface area (Å²) >= 11 is 0. The molecule has 2 heterocycles. The molecule has 1 saturated carbocycles. The van der Waals surface area contributed by atoms with Gasteiger partial charge < -0.3 is 15.0 Å². The monoisotopic (exact) mass is 295 g/mol. The van der Waals surface area contributed by atoms with Gasteiger partial charge in [0.15, 0.2) is 0 Å². The summed E-state index contributed by atoms with van der Waals surface area (Å²) in [6, 6.07) is 0.765. The summed E-state index contributed by atoms with van der Waals surface area (Å²) in [5, 5.41) is 3.25. The first-order valence-electron chi connectivity index (χ1n) is 8.70. The molecule has 0 aromatic rings. The second-order valence-electron chi connectivity index (χ2n) is 6.57.